The number of hydrogen-bond donors (Lipinski definition) is 3. The minimum absolute atomic E-state index is 0.137. The molecule has 6 nitrogen and oxygen atoms in total. The van der Waals surface area contributed by atoms with Crippen LogP contribution in [-0.4, -0.2) is 22.6 Å². The quantitative estimate of drug-likeness (QED) is 0.730. The van der Waals surface area contributed by atoms with Crippen LogP contribution in [0.5, 0.6) is 0 Å². The van der Waals surface area contributed by atoms with Crippen molar-refractivity contribution in [2.24, 2.45) is 11.5 Å². The van der Waals surface area contributed by atoms with Crippen molar-refractivity contribution in [3.8, 4) is 0 Å². The van der Waals surface area contributed by atoms with Crippen molar-refractivity contribution in [1.82, 2.24) is 10.2 Å². The Kier molecular flexibility index (Phi) is 4.04. The van der Waals surface area contributed by atoms with Crippen molar-refractivity contribution in [3.63, 3.8) is 0 Å². The Bertz CT molecular complexity index is 541. The molecule has 0 aliphatic carbocycles. The first-order valence-corrected chi connectivity index (χ1v) is 5.85. The van der Waals surface area contributed by atoms with Crippen LogP contribution in [0.1, 0.15) is 22.1 Å². The van der Waals surface area contributed by atoms with Crippen LogP contribution in [0.3, 0.4) is 0 Å². The first kappa shape index (κ1) is 13.0. The van der Waals surface area contributed by atoms with E-state index in [0.29, 0.717) is 12.4 Å². The first-order valence-electron chi connectivity index (χ1n) is 5.85. The number of carbonyl (C=O) groups excluding carboxylic acids is 1. The number of hydrogen-bond acceptors (Lipinski definition) is 5. The predicted octanol–water partition coefficient (Wildman–Crippen LogP) is 0.687. The molecule has 0 radical (unpaired) electrons. The zero-order valence-corrected chi connectivity index (χ0v) is 10.3. The fourth-order valence-corrected chi connectivity index (χ4v) is 1.59. The van der Waals surface area contributed by atoms with Gasteiger partial charge in [0, 0.05) is 12.6 Å². The van der Waals surface area contributed by atoms with Crippen LogP contribution in [0.25, 0.3) is 0 Å². The lowest BCUT2D eigenvalue weighted by molar-refractivity contribution is 0.0994. The molecule has 1 atom stereocenters. The van der Waals surface area contributed by atoms with Gasteiger partial charge in [0.15, 0.2) is 5.69 Å². The van der Waals surface area contributed by atoms with Crippen molar-refractivity contribution >= 4 is 11.7 Å². The van der Waals surface area contributed by atoms with E-state index in [-0.39, 0.29) is 11.7 Å². The zero-order valence-electron chi connectivity index (χ0n) is 10.3. The topological polar surface area (TPSA) is 107 Å². The number of aromatic nitrogens is 2. The van der Waals surface area contributed by atoms with Gasteiger partial charge in [-0.1, -0.05) is 30.3 Å². The number of nitrogens with one attached hydrogen (secondary N) is 1. The molecule has 0 aliphatic rings. The highest BCUT2D eigenvalue weighted by molar-refractivity contribution is 5.90. The summed E-state index contributed by atoms with van der Waals surface area (Å²) in [5.74, 6) is -0.0450. The summed E-state index contributed by atoms with van der Waals surface area (Å²) in [6, 6.07) is 12.8. The lowest BCUT2D eigenvalue weighted by Crippen LogP contribution is -2.21. The standard InChI is InChI=1S/C13H15N5O/c14-10(9-4-2-1-3-5-9)8-16-12-7-6-11(13(15)19)17-18-12/h1-7,10H,8,14H2,(H2,15,19)(H,16,18). The molecule has 6 heteroatoms. The summed E-state index contributed by atoms with van der Waals surface area (Å²) < 4.78 is 0. The minimum Gasteiger partial charge on any atom is -0.367 e. The average Bonchev–Trinajstić information content (AvgIpc) is 2.46. The third-order valence-electron chi connectivity index (χ3n) is 2.65. The Balaban J connectivity index is 1.93. The van der Waals surface area contributed by atoms with Crippen molar-refractivity contribution in [1.29, 1.82) is 0 Å². The molecule has 0 bridgehead atoms. The summed E-state index contributed by atoms with van der Waals surface area (Å²) in [5, 5.41) is 10.6. The third-order valence-corrected chi connectivity index (χ3v) is 2.65. The van der Waals surface area contributed by atoms with Gasteiger partial charge < -0.3 is 16.8 Å². The molecule has 0 aliphatic heterocycles. The highest BCUT2D eigenvalue weighted by Gasteiger charge is 2.06. The van der Waals surface area contributed by atoms with Crippen LogP contribution in [0.4, 0.5) is 5.82 Å². The van der Waals surface area contributed by atoms with Crippen LogP contribution < -0.4 is 16.8 Å². The first-order chi connectivity index (χ1) is 9.16. The van der Waals surface area contributed by atoms with Gasteiger partial charge in [0.25, 0.3) is 5.91 Å². The highest BCUT2D eigenvalue weighted by Crippen LogP contribution is 2.10. The van der Waals surface area contributed by atoms with Crippen LogP contribution in [-0.2, 0) is 0 Å². The Morgan fingerprint density at radius 1 is 1.16 bits per heavy atom. The van der Waals surface area contributed by atoms with Gasteiger partial charge in [-0.2, -0.15) is 0 Å². The molecule has 1 aromatic heterocycles. The molecular formula is C13H15N5O. The predicted molar refractivity (Wildman–Crippen MR) is 72.4 cm³/mol. The molecular weight excluding hydrogens is 242 g/mol. The molecule has 1 aromatic carbocycles. The zero-order chi connectivity index (χ0) is 13.7. The van der Waals surface area contributed by atoms with Crippen LogP contribution in [0.15, 0.2) is 42.5 Å². The van der Waals surface area contributed by atoms with E-state index >= 15 is 0 Å². The number of primary amides is 1. The maximum atomic E-state index is 10.8. The molecule has 1 unspecified atom stereocenters. The molecule has 1 heterocycles. The summed E-state index contributed by atoms with van der Waals surface area (Å²) in [4.78, 5) is 10.8. The van der Waals surface area contributed by atoms with E-state index in [1.807, 2.05) is 30.3 Å². The summed E-state index contributed by atoms with van der Waals surface area (Å²) in [6.07, 6.45) is 0. The maximum Gasteiger partial charge on any atom is 0.269 e. The summed E-state index contributed by atoms with van der Waals surface area (Å²) in [5.41, 5.74) is 12.3. The van der Waals surface area contributed by atoms with E-state index < -0.39 is 5.91 Å². The van der Waals surface area contributed by atoms with E-state index in [0.717, 1.165) is 5.56 Å². The molecule has 98 valence electrons. The Labute approximate surface area is 110 Å². The van der Waals surface area contributed by atoms with Gasteiger partial charge in [-0.05, 0) is 17.7 Å². The minimum atomic E-state index is -0.597. The lowest BCUT2D eigenvalue weighted by Gasteiger charge is -2.13. The second-order valence-electron chi connectivity index (χ2n) is 4.07. The molecule has 0 saturated heterocycles. The van der Waals surface area contributed by atoms with Gasteiger partial charge in [0.1, 0.15) is 5.82 Å². The molecule has 0 fully saturated rings. The van der Waals surface area contributed by atoms with Gasteiger partial charge in [-0.15, -0.1) is 10.2 Å². The van der Waals surface area contributed by atoms with Crippen molar-refractivity contribution < 1.29 is 4.79 Å². The Morgan fingerprint density at radius 3 is 2.47 bits per heavy atom. The number of nitrogens with two attached hydrogens (primary N) is 2. The molecule has 0 saturated carbocycles. The molecule has 5 N–H and O–H groups in total. The van der Waals surface area contributed by atoms with E-state index in [1.54, 1.807) is 6.07 Å². The van der Waals surface area contributed by atoms with Crippen molar-refractivity contribution in [3.05, 3.63) is 53.7 Å². The molecule has 0 spiro atoms. The summed E-state index contributed by atoms with van der Waals surface area (Å²) >= 11 is 0. The third kappa shape index (κ3) is 3.49. The van der Waals surface area contributed by atoms with E-state index in [2.05, 4.69) is 15.5 Å². The van der Waals surface area contributed by atoms with Crippen molar-refractivity contribution in [2.75, 3.05) is 11.9 Å². The second-order valence-corrected chi connectivity index (χ2v) is 4.07. The van der Waals surface area contributed by atoms with Crippen LogP contribution >= 0.6 is 0 Å². The van der Waals surface area contributed by atoms with Gasteiger partial charge in [-0.25, -0.2) is 0 Å². The Morgan fingerprint density at radius 2 is 1.89 bits per heavy atom. The molecule has 19 heavy (non-hydrogen) atoms. The highest BCUT2D eigenvalue weighted by atomic mass is 16.1. The normalized spacial score (nSPS) is 11.8. The van der Waals surface area contributed by atoms with E-state index in [1.165, 1.54) is 6.07 Å². The second kappa shape index (κ2) is 5.92. The number of benzene rings is 1. The smallest absolute Gasteiger partial charge is 0.269 e. The van der Waals surface area contributed by atoms with Crippen molar-refractivity contribution in [2.45, 2.75) is 6.04 Å². The number of amides is 1. The van der Waals surface area contributed by atoms with Gasteiger partial charge >= 0.3 is 0 Å². The lowest BCUT2D eigenvalue weighted by atomic mass is 10.1. The van der Waals surface area contributed by atoms with E-state index in [4.69, 9.17) is 11.5 Å². The largest absolute Gasteiger partial charge is 0.367 e. The van der Waals surface area contributed by atoms with Gasteiger partial charge in [0.05, 0.1) is 0 Å². The average molecular weight is 257 g/mol. The molecule has 2 rings (SSSR count). The SMILES string of the molecule is NC(=O)c1ccc(NCC(N)c2ccccc2)nn1. The van der Waals surface area contributed by atoms with Crippen LogP contribution in [0, 0.1) is 0 Å². The van der Waals surface area contributed by atoms with Crippen LogP contribution in [0.2, 0.25) is 0 Å². The summed E-state index contributed by atoms with van der Waals surface area (Å²) in [7, 11) is 0. The van der Waals surface area contributed by atoms with Gasteiger partial charge in [-0.3, -0.25) is 4.79 Å². The number of carbonyl (C=O) groups is 1. The maximum absolute atomic E-state index is 10.8. The summed E-state index contributed by atoms with van der Waals surface area (Å²) in [6.45, 7) is 0.522. The molecule has 1 amide bonds. The number of rotatable bonds is 5. The fraction of sp³-hybridized carbons (Fsp3) is 0.154. The van der Waals surface area contributed by atoms with Gasteiger partial charge in [0.2, 0.25) is 0 Å². The number of anilines is 1. The van der Waals surface area contributed by atoms with E-state index in [9.17, 15) is 4.79 Å². The number of nitrogens with zero attached hydrogens (tertiary/aromatic N) is 2. The Hall–Kier alpha value is -2.47. The fourth-order valence-electron chi connectivity index (χ4n) is 1.59. The molecule has 2 aromatic rings. The monoisotopic (exact) mass is 257 g/mol.